The molecule has 1 aliphatic rings. The molecule has 1 aromatic rings. The Morgan fingerprint density at radius 1 is 1.22 bits per heavy atom. The molecule has 1 aromatic carbocycles. The molecule has 0 amide bonds. The molecule has 2 unspecified atom stereocenters. The minimum Gasteiger partial charge on any atom is -0.391 e. The van der Waals surface area contributed by atoms with Crippen LogP contribution >= 0.6 is 11.8 Å². The topological polar surface area (TPSA) is 108 Å². The first-order valence-electron chi connectivity index (χ1n) is 15.1. The van der Waals surface area contributed by atoms with Gasteiger partial charge in [-0.25, -0.2) is 0 Å². The predicted molar refractivity (Wildman–Crippen MR) is 180 cm³/mol. The highest BCUT2D eigenvalue weighted by atomic mass is 32.2. The molecule has 0 aliphatic heterocycles. The summed E-state index contributed by atoms with van der Waals surface area (Å²) >= 11 is 2.15. The van der Waals surface area contributed by atoms with E-state index >= 15 is 0 Å². The maximum atomic E-state index is 8.54. The van der Waals surface area contributed by atoms with Crippen LogP contribution < -0.4 is 16.4 Å². The highest BCUT2D eigenvalue weighted by Crippen LogP contribution is 2.32. The monoisotopic (exact) mass is 584 g/mol. The number of aryl methyl sites for hydroxylation is 1. The van der Waals surface area contributed by atoms with Crippen LogP contribution in [0.3, 0.4) is 0 Å². The third-order valence-electron chi connectivity index (χ3n) is 6.47. The van der Waals surface area contributed by atoms with Gasteiger partial charge in [-0.05, 0) is 101 Å². The molecule has 1 aliphatic carbocycles. The van der Waals surface area contributed by atoms with E-state index in [0.717, 1.165) is 31.2 Å². The average Bonchev–Trinajstić information content (AvgIpc) is 3.40. The fourth-order valence-electron chi connectivity index (χ4n) is 4.24. The van der Waals surface area contributed by atoms with Crippen molar-refractivity contribution in [3.8, 4) is 6.26 Å². The minimum atomic E-state index is 0.286. The predicted octanol–water partition coefficient (Wildman–Crippen LogP) is 7.08. The number of benzene rings is 1. The number of nitrogens with two attached hydrogens (primary N) is 1. The number of allylic oxidation sites excluding steroid dienone is 1. The minimum absolute atomic E-state index is 0.286. The second-order valence-corrected chi connectivity index (χ2v) is 11.3. The molecule has 2 atom stereocenters. The van der Waals surface area contributed by atoms with Gasteiger partial charge in [0.15, 0.2) is 0 Å². The van der Waals surface area contributed by atoms with Crippen molar-refractivity contribution in [2.24, 2.45) is 27.6 Å². The summed E-state index contributed by atoms with van der Waals surface area (Å²) in [7, 11) is 2.03. The van der Waals surface area contributed by atoms with Crippen LogP contribution in [0.1, 0.15) is 78.2 Å². The van der Waals surface area contributed by atoms with Crippen LogP contribution in [0.15, 0.2) is 64.6 Å². The summed E-state index contributed by atoms with van der Waals surface area (Å²) in [5.74, 6) is 5.42. The molecule has 4 N–H and O–H groups in total. The smallest absolute Gasteiger partial charge is 0.291 e. The largest absolute Gasteiger partial charge is 0.391 e. The van der Waals surface area contributed by atoms with Crippen LogP contribution in [-0.2, 0) is 11.2 Å². The number of nitriles is 1. The second-order valence-electron chi connectivity index (χ2n) is 10.2. The summed E-state index contributed by atoms with van der Waals surface area (Å²) in [6.45, 7) is 14.3. The van der Waals surface area contributed by atoms with Crippen LogP contribution in [0.4, 0.5) is 0 Å². The van der Waals surface area contributed by atoms with Gasteiger partial charge in [-0.15, -0.1) is 5.26 Å². The molecule has 0 bridgehead atoms. The molecule has 0 spiro atoms. The second kappa shape index (κ2) is 27.4. The van der Waals surface area contributed by atoms with E-state index < -0.39 is 0 Å². The zero-order valence-electron chi connectivity index (χ0n) is 26.3. The Morgan fingerprint density at radius 3 is 2.56 bits per heavy atom. The zero-order valence-corrected chi connectivity index (χ0v) is 27.1. The number of rotatable bonds is 17. The van der Waals surface area contributed by atoms with E-state index in [1.165, 1.54) is 62.1 Å². The van der Waals surface area contributed by atoms with Gasteiger partial charge >= 0.3 is 0 Å². The SMILES string of the molecule is C=CNCCCC.CC=N/C(C(N)=NCCCc1ccccc1)=C(\C)OC#N.CNCCCSCC1CCC(C)C1. The van der Waals surface area contributed by atoms with Crippen molar-refractivity contribution < 1.29 is 4.74 Å². The van der Waals surface area contributed by atoms with E-state index in [0.29, 0.717) is 18.0 Å². The lowest BCUT2D eigenvalue weighted by molar-refractivity contribution is 0.373. The standard InChI is InChI=1S/C16H20N4O.C11H23NS.C6H13N/c1-3-19-15(13(2)21-12-17)16(18)20-11-7-10-14-8-5-4-6-9-14;1-10-4-5-11(8-10)9-13-7-3-6-12-2;1-3-5-6-7-4-2/h3-6,8-9H,7,10-11H2,1-2H3,(H2,18,20);10-12H,3-9H2,1-2H3;4,7H,2-3,5-6H2,1H3/b15-13+,19-3?;;. The molecule has 8 heteroatoms. The third-order valence-corrected chi connectivity index (χ3v) is 7.76. The first kappa shape index (κ1) is 38.2. The van der Waals surface area contributed by atoms with Gasteiger partial charge in [-0.1, -0.05) is 63.6 Å². The molecular weight excluding hydrogens is 528 g/mol. The number of nitrogens with zero attached hydrogens (tertiary/aromatic N) is 3. The van der Waals surface area contributed by atoms with E-state index in [9.17, 15) is 0 Å². The number of amidine groups is 1. The fourth-order valence-corrected chi connectivity index (χ4v) is 5.39. The number of ether oxygens (including phenoxy) is 1. The lowest BCUT2D eigenvalue weighted by Crippen LogP contribution is -2.16. The Hall–Kier alpha value is -2.76. The third kappa shape index (κ3) is 21.6. The van der Waals surface area contributed by atoms with Crippen molar-refractivity contribution in [2.45, 2.75) is 79.1 Å². The Balaban J connectivity index is 0.000000676. The highest BCUT2D eigenvalue weighted by molar-refractivity contribution is 7.99. The molecule has 230 valence electrons. The van der Waals surface area contributed by atoms with Crippen LogP contribution in [0.2, 0.25) is 0 Å². The van der Waals surface area contributed by atoms with Gasteiger partial charge in [-0.2, -0.15) is 11.8 Å². The number of aliphatic imine (C=N–C) groups is 2. The first-order chi connectivity index (χ1) is 19.9. The summed E-state index contributed by atoms with van der Waals surface area (Å²) < 4.78 is 4.76. The van der Waals surface area contributed by atoms with E-state index in [1.54, 1.807) is 32.5 Å². The summed E-state index contributed by atoms with van der Waals surface area (Å²) in [4.78, 5) is 8.40. The number of unbranched alkanes of at least 4 members (excludes halogenated alkanes) is 1. The van der Waals surface area contributed by atoms with E-state index in [2.05, 4.69) is 64.9 Å². The number of hydrogen-bond acceptors (Lipinski definition) is 7. The maximum absolute atomic E-state index is 8.54. The lowest BCUT2D eigenvalue weighted by atomic mass is 10.1. The molecule has 1 fully saturated rings. The summed E-state index contributed by atoms with van der Waals surface area (Å²) in [6, 6.07) is 10.2. The molecular formula is C33H56N6OS. The van der Waals surface area contributed by atoms with Crippen molar-refractivity contribution in [3.63, 3.8) is 0 Å². The van der Waals surface area contributed by atoms with Crippen molar-refractivity contribution in [1.29, 1.82) is 5.26 Å². The summed E-state index contributed by atoms with van der Waals surface area (Å²) in [6.07, 6.45) is 15.0. The van der Waals surface area contributed by atoms with Gasteiger partial charge in [0, 0.05) is 19.3 Å². The first-order valence-corrected chi connectivity index (χ1v) is 16.2. The van der Waals surface area contributed by atoms with Gasteiger partial charge in [0.05, 0.1) is 0 Å². The Kier molecular flexibility index (Phi) is 25.6. The van der Waals surface area contributed by atoms with Gasteiger partial charge < -0.3 is 21.1 Å². The number of hydrogen-bond donors (Lipinski definition) is 3. The lowest BCUT2D eigenvalue weighted by Gasteiger charge is -2.08. The Morgan fingerprint density at radius 2 is 1.98 bits per heavy atom. The summed E-state index contributed by atoms with van der Waals surface area (Å²) in [5, 5.41) is 14.7. The quantitative estimate of drug-likeness (QED) is 0.0594. The van der Waals surface area contributed by atoms with E-state index in [4.69, 9.17) is 15.7 Å². The molecule has 0 heterocycles. The molecule has 0 aromatic heterocycles. The molecule has 2 rings (SSSR count). The van der Waals surface area contributed by atoms with Crippen LogP contribution in [-0.4, -0.2) is 50.2 Å². The van der Waals surface area contributed by atoms with Crippen LogP contribution in [0, 0.1) is 23.4 Å². The number of nitrogens with one attached hydrogen (secondary N) is 2. The van der Waals surface area contributed by atoms with Crippen LogP contribution in [0.25, 0.3) is 0 Å². The van der Waals surface area contributed by atoms with E-state index in [-0.39, 0.29) is 5.84 Å². The van der Waals surface area contributed by atoms with Crippen molar-refractivity contribution in [3.05, 3.63) is 60.1 Å². The maximum Gasteiger partial charge on any atom is 0.291 e. The average molecular weight is 585 g/mol. The molecule has 0 saturated heterocycles. The number of thioether (sulfide) groups is 1. The van der Waals surface area contributed by atoms with Gasteiger partial charge in [0.25, 0.3) is 6.26 Å². The highest BCUT2D eigenvalue weighted by Gasteiger charge is 2.20. The molecule has 1 saturated carbocycles. The normalized spacial score (nSPS) is 16.9. The van der Waals surface area contributed by atoms with Gasteiger partial charge in [-0.3, -0.25) is 9.98 Å². The van der Waals surface area contributed by atoms with E-state index in [1.807, 2.05) is 25.2 Å². The van der Waals surface area contributed by atoms with Gasteiger partial charge in [0.2, 0.25) is 0 Å². The Bertz CT molecular complexity index is 910. The zero-order chi connectivity index (χ0) is 30.6. The molecule has 41 heavy (non-hydrogen) atoms. The van der Waals surface area contributed by atoms with Gasteiger partial charge in [0.1, 0.15) is 17.3 Å². The van der Waals surface area contributed by atoms with Crippen molar-refractivity contribution >= 4 is 23.8 Å². The van der Waals surface area contributed by atoms with Crippen LogP contribution in [0.5, 0.6) is 0 Å². The fraction of sp³-hybridized carbons (Fsp3) is 0.606. The Labute approximate surface area is 255 Å². The molecule has 7 nitrogen and oxygen atoms in total. The van der Waals surface area contributed by atoms with Crippen molar-refractivity contribution in [1.82, 2.24) is 10.6 Å². The summed E-state index contributed by atoms with van der Waals surface area (Å²) in [5.41, 5.74) is 7.58. The molecule has 0 radical (unpaired) electrons. The van der Waals surface area contributed by atoms with Crippen molar-refractivity contribution in [2.75, 3.05) is 38.2 Å².